The van der Waals surface area contributed by atoms with Crippen LogP contribution >= 0.6 is 0 Å². The molecule has 1 rings (SSSR count). The molecule has 0 spiro atoms. The molecule has 1 aromatic carbocycles. The van der Waals surface area contributed by atoms with Crippen molar-refractivity contribution < 1.29 is 22.7 Å². The number of hydrogen-bond donors (Lipinski definition) is 1. The van der Waals surface area contributed by atoms with Gasteiger partial charge in [0.25, 0.3) is 0 Å². The lowest BCUT2D eigenvalue weighted by Crippen LogP contribution is -3.00. The number of rotatable bonds is 1. The van der Waals surface area contributed by atoms with E-state index in [4.69, 9.17) is 0 Å². The number of benzene rings is 1. The SMILES string of the molecule is Cc1ccccc1C[NH3+].[Br-]. The third kappa shape index (κ3) is 2.12. The highest BCUT2D eigenvalue weighted by Gasteiger charge is 1.92. The highest BCUT2D eigenvalue weighted by atomic mass is 79.9. The summed E-state index contributed by atoms with van der Waals surface area (Å²) in [4.78, 5) is 0. The van der Waals surface area contributed by atoms with E-state index in [0.29, 0.717) is 0 Å². The molecule has 0 bridgehead atoms. The van der Waals surface area contributed by atoms with Crippen LogP contribution < -0.4 is 22.7 Å². The standard InChI is InChI=1S/C8H11N.BrH/c1-7-4-2-3-5-8(7)6-9;/h2-5H,6,9H2,1H3;1H. The zero-order chi connectivity index (χ0) is 6.69. The van der Waals surface area contributed by atoms with Gasteiger partial charge in [0.05, 0.1) is 6.54 Å². The molecule has 1 nitrogen and oxygen atoms in total. The Labute approximate surface area is 72.0 Å². The summed E-state index contributed by atoms with van der Waals surface area (Å²) >= 11 is 0. The molecule has 0 radical (unpaired) electrons. The van der Waals surface area contributed by atoms with Crippen molar-refractivity contribution in [2.24, 2.45) is 0 Å². The van der Waals surface area contributed by atoms with Gasteiger partial charge in [0, 0.05) is 5.56 Å². The van der Waals surface area contributed by atoms with E-state index in [1.54, 1.807) is 0 Å². The van der Waals surface area contributed by atoms with E-state index in [1.165, 1.54) is 11.1 Å². The number of halogens is 1. The zero-order valence-corrected chi connectivity index (χ0v) is 7.69. The van der Waals surface area contributed by atoms with Crippen LogP contribution in [0, 0.1) is 6.92 Å². The maximum atomic E-state index is 3.82. The Kier molecular flexibility index (Phi) is 4.32. The molecule has 56 valence electrons. The average Bonchev–Trinajstić information content (AvgIpc) is 1.89. The van der Waals surface area contributed by atoms with Crippen molar-refractivity contribution in [3.05, 3.63) is 35.4 Å². The Morgan fingerprint density at radius 3 is 2.30 bits per heavy atom. The minimum Gasteiger partial charge on any atom is -1.00 e. The summed E-state index contributed by atoms with van der Waals surface area (Å²) in [5, 5.41) is 0. The number of quaternary nitrogens is 1. The molecule has 0 saturated carbocycles. The van der Waals surface area contributed by atoms with Gasteiger partial charge in [-0.2, -0.15) is 0 Å². The molecule has 10 heavy (non-hydrogen) atoms. The van der Waals surface area contributed by atoms with Crippen LogP contribution in [-0.4, -0.2) is 0 Å². The molecule has 0 aromatic heterocycles. The molecule has 0 aliphatic heterocycles. The minimum absolute atomic E-state index is 0. The predicted octanol–water partition coefficient (Wildman–Crippen LogP) is -2.26. The first-order valence-corrected chi connectivity index (χ1v) is 3.18. The van der Waals surface area contributed by atoms with E-state index < -0.39 is 0 Å². The van der Waals surface area contributed by atoms with Crippen molar-refractivity contribution in [3.8, 4) is 0 Å². The van der Waals surface area contributed by atoms with E-state index in [0.717, 1.165) is 6.54 Å². The lowest BCUT2D eigenvalue weighted by atomic mass is 10.1. The summed E-state index contributed by atoms with van der Waals surface area (Å²) in [6, 6.07) is 8.32. The van der Waals surface area contributed by atoms with Crippen LogP contribution in [0.3, 0.4) is 0 Å². The summed E-state index contributed by atoms with van der Waals surface area (Å²) in [6.45, 7) is 3.01. The first-order chi connectivity index (χ1) is 4.34. The molecule has 0 heterocycles. The quantitative estimate of drug-likeness (QED) is 0.532. The van der Waals surface area contributed by atoms with Gasteiger partial charge in [-0.15, -0.1) is 0 Å². The highest BCUT2D eigenvalue weighted by molar-refractivity contribution is 5.24. The minimum atomic E-state index is 0. The normalized spacial score (nSPS) is 8.60. The predicted molar refractivity (Wildman–Crippen MR) is 37.8 cm³/mol. The van der Waals surface area contributed by atoms with Crippen molar-refractivity contribution in [1.82, 2.24) is 0 Å². The van der Waals surface area contributed by atoms with Crippen LogP contribution in [0.1, 0.15) is 11.1 Å². The monoisotopic (exact) mass is 201 g/mol. The zero-order valence-electron chi connectivity index (χ0n) is 6.10. The number of aryl methyl sites for hydroxylation is 1. The van der Waals surface area contributed by atoms with Gasteiger partial charge < -0.3 is 22.7 Å². The van der Waals surface area contributed by atoms with Crippen molar-refractivity contribution in [2.75, 3.05) is 0 Å². The molecule has 0 aliphatic carbocycles. The molecule has 0 atom stereocenters. The van der Waals surface area contributed by atoms with Crippen LogP contribution in [0.2, 0.25) is 0 Å². The Balaban J connectivity index is 0.000000810. The van der Waals surface area contributed by atoms with Gasteiger partial charge >= 0.3 is 0 Å². The Hall–Kier alpha value is -0.340. The van der Waals surface area contributed by atoms with Gasteiger partial charge in [0.1, 0.15) is 0 Å². The number of hydrogen-bond acceptors (Lipinski definition) is 0. The fourth-order valence-corrected chi connectivity index (χ4v) is 0.891. The molecular weight excluding hydrogens is 190 g/mol. The second kappa shape index (κ2) is 4.47. The van der Waals surface area contributed by atoms with Gasteiger partial charge in [-0.25, -0.2) is 0 Å². The average molecular weight is 202 g/mol. The van der Waals surface area contributed by atoms with Gasteiger partial charge in [0.15, 0.2) is 0 Å². The third-order valence-electron chi connectivity index (χ3n) is 1.53. The lowest BCUT2D eigenvalue weighted by molar-refractivity contribution is -0.386. The van der Waals surface area contributed by atoms with Crippen LogP contribution in [0.5, 0.6) is 0 Å². The fraction of sp³-hybridized carbons (Fsp3) is 0.250. The summed E-state index contributed by atoms with van der Waals surface area (Å²) in [5.74, 6) is 0. The van der Waals surface area contributed by atoms with E-state index in [9.17, 15) is 0 Å². The molecule has 0 saturated heterocycles. The van der Waals surface area contributed by atoms with Crippen molar-refractivity contribution in [3.63, 3.8) is 0 Å². The maximum absolute atomic E-state index is 3.82. The van der Waals surface area contributed by atoms with Gasteiger partial charge in [0.2, 0.25) is 0 Å². The molecule has 0 amide bonds. The molecular formula is C8H12BrN. The molecule has 0 fully saturated rings. The smallest absolute Gasteiger partial charge is 0.0999 e. The summed E-state index contributed by atoms with van der Waals surface area (Å²) in [5.41, 5.74) is 6.50. The molecule has 3 N–H and O–H groups in total. The molecule has 2 heteroatoms. The van der Waals surface area contributed by atoms with Gasteiger partial charge in [-0.1, -0.05) is 24.3 Å². The van der Waals surface area contributed by atoms with E-state index in [-0.39, 0.29) is 17.0 Å². The largest absolute Gasteiger partial charge is 1.00 e. The van der Waals surface area contributed by atoms with Crippen LogP contribution in [0.4, 0.5) is 0 Å². The third-order valence-corrected chi connectivity index (χ3v) is 1.53. The van der Waals surface area contributed by atoms with Gasteiger partial charge in [-0.3, -0.25) is 0 Å². The van der Waals surface area contributed by atoms with Crippen LogP contribution in [0.25, 0.3) is 0 Å². The molecule has 1 aromatic rings. The second-order valence-corrected chi connectivity index (χ2v) is 2.18. The summed E-state index contributed by atoms with van der Waals surface area (Å²) in [7, 11) is 0. The maximum Gasteiger partial charge on any atom is 0.0999 e. The van der Waals surface area contributed by atoms with Crippen LogP contribution in [-0.2, 0) is 6.54 Å². The van der Waals surface area contributed by atoms with E-state index >= 15 is 0 Å². The lowest BCUT2D eigenvalue weighted by Gasteiger charge is -1.96. The summed E-state index contributed by atoms with van der Waals surface area (Å²) < 4.78 is 0. The van der Waals surface area contributed by atoms with E-state index in [2.05, 4.69) is 30.9 Å². The Bertz CT molecular complexity index is 198. The van der Waals surface area contributed by atoms with Gasteiger partial charge in [-0.05, 0) is 12.5 Å². The fourth-order valence-electron chi connectivity index (χ4n) is 0.891. The van der Waals surface area contributed by atoms with Crippen LogP contribution in [0.15, 0.2) is 24.3 Å². The molecule has 0 unspecified atom stereocenters. The molecule has 0 aliphatic rings. The highest BCUT2D eigenvalue weighted by Crippen LogP contribution is 2.03. The van der Waals surface area contributed by atoms with E-state index in [1.807, 2.05) is 6.07 Å². The van der Waals surface area contributed by atoms with Crippen molar-refractivity contribution in [2.45, 2.75) is 13.5 Å². The second-order valence-electron chi connectivity index (χ2n) is 2.18. The topological polar surface area (TPSA) is 27.6 Å². The van der Waals surface area contributed by atoms with Crippen molar-refractivity contribution in [1.29, 1.82) is 0 Å². The first kappa shape index (κ1) is 9.66. The Morgan fingerprint density at radius 2 is 1.90 bits per heavy atom. The Morgan fingerprint density at radius 1 is 1.30 bits per heavy atom. The first-order valence-electron chi connectivity index (χ1n) is 3.18. The van der Waals surface area contributed by atoms with Crippen molar-refractivity contribution >= 4 is 0 Å². The summed E-state index contributed by atoms with van der Waals surface area (Å²) in [6.07, 6.45) is 0.